The molecular formula is C17H13N3O2S. The van der Waals surface area contributed by atoms with Crippen molar-refractivity contribution < 1.29 is 9.53 Å². The number of nitriles is 1. The van der Waals surface area contributed by atoms with Crippen LogP contribution < -0.4 is 4.74 Å². The number of nitrogens with zero attached hydrogens (tertiary/aromatic N) is 3. The molecule has 114 valence electrons. The summed E-state index contributed by atoms with van der Waals surface area (Å²) < 4.78 is 5.28. The summed E-state index contributed by atoms with van der Waals surface area (Å²) in [4.78, 5) is 21.2. The normalized spacial score (nSPS) is 11.9. The van der Waals surface area contributed by atoms with Crippen molar-refractivity contribution in [2.75, 3.05) is 7.11 Å². The molecule has 0 saturated carbocycles. The lowest BCUT2D eigenvalue weighted by molar-refractivity contribution is 0.0973. The predicted molar refractivity (Wildman–Crippen MR) is 87.8 cm³/mol. The van der Waals surface area contributed by atoms with Gasteiger partial charge in [0.25, 0.3) is 0 Å². The molecule has 5 nitrogen and oxygen atoms in total. The summed E-state index contributed by atoms with van der Waals surface area (Å²) in [6.45, 7) is 1.83. The minimum absolute atomic E-state index is 0.208. The van der Waals surface area contributed by atoms with Gasteiger partial charge in [0.05, 0.1) is 13.2 Å². The summed E-state index contributed by atoms with van der Waals surface area (Å²) in [6.07, 6.45) is 0. The molecule has 0 saturated heterocycles. The lowest BCUT2D eigenvalue weighted by Gasteiger charge is -2.09. The number of carbonyl (C=O) groups excluding carboxylic acids is 1. The van der Waals surface area contributed by atoms with Crippen molar-refractivity contribution in [2.24, 2.45) is 0 Å². The predicted octanol–water partition coefficient (Wildman–Crippen LogP) is 3.50. The number of Topliss-reactive ketones (excluding diaryl/α,β-unsaturated/α-hetero) is 1. The third-order valence-electron chi connectivity index (χ3n) is 3.43. The molecule has 1 unspecified atom stereocenters. The van der Waals surface area contributed by atoms with Crippen LogP contribution in [0.5, 0.6) is 5.88 Å². The first-order chi connectivity index (χ1) is 11.1. The Hall–Kier alpha value is -2.78. The molecule has 0 aliphatic carbocycles. The summed E-state index contributed by atoms with van der Waals surface area (Å²) in [5, 5.41) is 13.4. The summed E-state index contributed by atoms with van der Waals surface area (Å²) in [5.74, 6) is -0.948. The van der Waals surface area contributed by atoms with Gasteiger partial charge in [-0.2, -0.15) is 5.26 Å². The zero-order valence-electron chi connectivity index (χ0n) is 12.6. The molecule has 2 heterocycles. The Morgan fingerprint density at radius 2 is 2.13 bits per heavy atom. The maximum Gasteiger partial charge on any atom is 0.221 e. The van der Waals surface area contributed by atoms with Gasteiger partial charge in [0.2, 0.25) is 11.7 Å². The van der Waals surface area contributed by atoms with Gasteiger partial charge in [0.1, 0.15) is 10.7 Å². The minimum atomic E-state index is -0.952. The highest BCUT2D eigenvalue weighted by Gasteiger charge is 2.26. The lowest BCUT2D eigenvalue weighted by atomic mass is 10.0. The topological polar surface area (TPSA) is 75.9 Å². The number of carbonyl (C=O) groups is 1. The molecule has 1 aromatic carbocycles. The molecule has 3 rings (SSSR count). The minimum Gasteiger partial charge on any atom is -0.481 e. The number of aryl methyl sites for hydroxylation is 1. The first-order valence-corrected chi connectivity index (χ1v) is 7.81. The van der Waals surface area contributed by atoms with E-state index in [1.54, 1.807) is 6.07 Å². The summed E-state index contributed by atoms with van der Waals surface area (Å²) in [7, 11) is 1.51. The number of benzene rings is 1. The largest absolute Gasteiger partial charge is 0.481 e. The van der Waals surface area contributed by atoms with Gasteiger partial charge in [-0.25, -0.2) is 9.97 Å². The van der Waals surface area contributed by atoms with Gasteiger partial charge in [0.15, 0.2) is 5.92 Å². The van der Waals surface area contributed by atoms with Crippen LogP contribution in [-0.2, 0) is 0 Å². The number of hydrogen-bond donors (Lipinski definition) is 0. The van der Waals surface area contributed by atoms with Crippen molar-refractivity contribution in [2.45, 2.75) is 12.8 Å². The Labute approximate surface area is 137 Å². The van der Waals surface area contributed by atoms with E-state index in [1.165, 1.54) is 18.4 Å². The molecule has 0 aliphatic heterocycles. The summed E-state index contributed by atoms with van der Waals surface area (Å²) in [5.41, 5.74) is 1.00. The molecule has 0 spiro atoms. The van der Waals surface area contributed by atoms with Crippen molar-refractivity contribution >= 4 is 27.9 Å². The number of thiazole rings is 1. The monoisotopic (exact) mass is 323 g/mol. The molecule has 6 heteroatoms. The number of methoxy groups -OCH3 is 1. The fraction of sp³-hybridized carbons (Fsp3) is 0.176. The van der Waals surface area contributed by atoms with E-state index in [4.69, 9.17) is 4.74 Å². The second-order valence-corrected chi connectivity index (χ2v) is 5.88. The van der Waals surface area contributed by atoms with E-state index in [0.29, 0.717) is 10.9 Å². The lowest BCUT2D eigenvalue weighted by Crippen LogP contribution is -2.13. The zero-order chi connectivity index (χ0) is 16.4. The quantitative estimate of drug-likeness (QED) is 0.687. The number of fused-ring (bicyclic) bond motifs is 1. The Kier molecular flexibility index (Phi) is 4.04. The number of rotatable bonds is 4. The average Bonchev–Trinajstić information content (AvgIpc) is 3.00. The Balaban J connectivity index is 2.08. The molecule has 3 aromatic rings. The molecular weight excluding hydrogens is 310 g/mol. The van der Waals surface area contributed by atoms with Gasteiger partial charge in [-0.15, -0.1) is 11.3 Å². The summed E-state index contributed by atoms with van der Waals surface area (Å²) >= 11 is 1.31. The van der Waals surface area contributed by atoms with Gasteiger partial charge in [-0.3, -0.25) is 4.79 Å². The van der Waals surface area contributed by atoms with Crippen LogP contribution in [0, 0.1) is 18.3 Å². The fourth-order valence-electron chi connectivity index (χ4n) is 2.33. The SMILES string of the molecule is COc1nc(C(=O)C(C#N)c2nc(C)cs2)cc2ccccc12. The van der Waals surface area contributed by atoms with Gasteiger partial charge in [0, 0.05) is 16.5 Å². The standard InChI is InChI=1S/C17H13N3O2S/c1-10-9-23-17(19-10)13(8-18)15(21)14-7-11-5-3-4-6-12(11)16(20-14)22-2/h3-7,9,13H,1-2H3. The van der Waals surface area contributed by atoms with Crippen molar-refractivity contribution in [1.82, 2.24) is 9.97 Å². The van der Waals surface area contributed by atoms with E-state index in [-0.39, 0.29) is 11.5 Å². The number of ether oxygens (including phenoxy) is 1. The van der Waals surface area contributed by atoms with Crippen LogP contribution in [0.1, 0.15) is 27.1 Å². The smallest absolute Gasteiger partial charge is 0.221 e. The second kappa shape index (κ2) is 6.15. The van der Waals surface area contributed by atoms with Crippen LogP contribution >= 0.6 is 11.3 Å². The first-order valence-electron chi connectivity index (χ1n) is 6.93. The molecule has 0 radical (unpaired) electrons. The maximum atomic E-state index is 12.7. The van der Waals surface area contributed by atoms with Crippen molar-refractivity contribution in [1.29, 1.82) is 5.26 Å². The summed E-state index contributed by atoms with van der Waals surface area (Å²) in [6, 6.07) is 11.2. The third-order valence-corrected chi connectivity index (χ3v) is 4.45. The van der Waals surface area contributed by atoms with Crippen LogP contribution in [-0.4, -0.2) is 22.9 Å². The van der Waals surface area contributed by atoms with Crippen molar-refractivity contribution in [3.8, 4) is 11.9 Å². The van der Waals surface area contributed by atoms with E-state index >= 15 is 0 Å². The van der Waals surface area contributed by atoms with Gasteiger partial charge < -0.3 is 4.74 Å². The third kappa shape index (κ3) is 2.79. The van der Waals surface area contributed by atoms with Crippen molar-refractivity contribution in [3.05, 3.63) is 52.1 Å². The van der Waals surface area contributed by atoms with Gasteiger partial charge >= 0.3 is 0 Å². The highest BCUT2D eigenvalue weighted by Crippen LogP contribution is 2.28. The molecule has 0 aliphatic rings. The van der Waals surface area contributed by atoms with Crippen LogP contribution in [0.25, 0.3) is 10.8 Å². The van der Waals surface area contributed by atoms with E-state index in [9.17, 15) is 10.1 Å². The molecule has 23 heavy (non-hydrogen) atoms. The number of pyridine rings is 1. The fourth-order valence-corrected chi connectivity index (χ4v) is 3.16. The van der Waals surface area contributed by atoms with E-state index < -0.39 is 5.92 Å². The Bertz CT molecular complexity index is 927. The first kappa shape index (κ1) is 15.1. The highest BCUT2D eigenvalue weighted by molar-refractivity contribution is 7.10. The highest BCUT2D eigenvalue weighted by atomic mass is 32.1. The van der Waals surface area contributed by atoms with Gasteiger partial charge in [-0.05, 0) is 24.4 Å². The number of hydrogen-bond acceptors (Lipinski definition) is 6. The molecule has 1 atom stereocenters. The van der Waals surface area contributed by atoms with E-state index in [1.807, 2.05) is 42.6 Å². The average molecular weight is 323 g/mol. The second-order valence-electron chi connectivity index (χ2n) is 4.99. The van der Waals surface area contributed by atoms with E-state index in [0.717, 1.165) is 16.5 Å². The molecule has 0 amide bonds. The number of aromatic nitrogens is 2. The van der Waals surface area contributed by atoms with Crippen LogP contribution in [0.2, 0.25) is 0 Å². The molecule has 2 aromatic heterocycles. The van der Waals surface area contributed by atoms with Crippen LogP contribution in [0.15, 0.2) is 35.7 Å². The van der Waals surface area contributed by atoms with Crippen molar-refractivity contribution in [3.63, 3.8) is 0 Å². The molecule has 0 fully saturated rings. The zero-order valence-corrected chi connectivity index (χ0v) is 13.4. The van der Waals surface area contributed by atoms with Crippen LogP contribution in [0.3, 0.4) is 0 Å². The number of ketones is 1. The Morgan fingerprint density at radius 1 is 1.35 bits per heavy atom. The van der Waals surface area contributed by atoms with Crippen LogP contribution in [0.4, 0.5) is 0 Å². The maximum absolute atomic E-state index is 12.7. The van der Waals surface area contributed by atoms with Gasteiger partial charge in [-0.1, -0.05) is 18.2 Å². The Morgan fingerprint density at radius 3 is 2.78 bits per heavy atom. The van der Waals surface area contributed by atoms with E-state index in [2.05, 4.69) is 9.97 Å². The molecule has 0 bridgehead atoms. The molecule has 0 N–H and O–H groups in total.